The number of likely N-dealkylation sites (tertiary alicyclic amines) is 1. The van der Waals surface area contributed by atoms with E-state index < -0.39 is 65.5 Å². The molecule has 0 spiro atoms. The number of halogens is 5. The lowest BCUT2D eigenvalue weighted by molar-refractivity contribution is -0.137. The number of carbonyl (C=O) groups is 4. The van der Waals surface area contributed by atoms with Crippen LogP contribution < -0.4 is 14.7 Å². The first kappa shape index (κ1) is 41.5. The summed E-state index contributed by atoms with van der Waals surface area (Å²) in [5.41, 5.74) is -0.297. The Hall–Kier alpha value is -5.12. The fourth-order valence-corrected chi connectivity index (χ4v) is 7.92. The van der Waals surface area contributed by atoms with E-state index >= 15 is 4.39 Å². The van der Waals surface area contributed by atoms with Crippen LogP contribution in [-0.2, 0) is 31.8 Å². The van der Waals surface area contributed by atoms with Crippen molar-refractivity contribution in [1.82, 2.24) is 14.8 Å². The van der Waals surface area contributed by atoms with E-state index in [4.69, 9.17) is 21.1 Å². The standard InChI is InChI=1S/C40H45ClF4N6O6/c1-24-18-27(40(43,44)45)20-32(46-24)51-33(52)19-26-21-48(35-28(41)12-9-13-31(35)47(5)36(53)34(26)51)16-17-50(38(55)56-23-25-10-7-6-8-11-25)30-14-15-49(22-29(30)42)37(54)57-39(2,3)4/h6-13,18,20,26,29-30,34H,14-17,19,21-23H2,1-5H3/t26-,29-,30+,34+/m1/s1. The molecule has 306 valence electrons. The number of ether oxygens (including phenoxy) is 2. The summed E-state index contributed by atoms with van der Waals surface area (Å²) in [4.78, 5) is 65.7. The first-order chi connectivity index (χ1) is 26.8. The molecule has 0 saturated carbocycles. The number of amides is 4. The topological polar surface area (TPSA) is 116 Å². The third kappa shape index (κ3) is 9.21. The van der Waals surface area contributed by atoms with Crippen molar-refractivity contribution < 1.29 is 46.2 Å². The van der Waals surface area contributed by atoms with Gasteiger partial charge in [-0.1, -0.05) is 48.0 Å². The molecule has 0 radical (unpaired) electrons. The molecule has 1 aromatic heterocycles. The number of nitrogens with zero attached hydrogens (tertiary/aromatic N) is 6. The van der Waals surface area contributed by atoms with E-state index in [0.29, 0.717) is 16.9 Å². The molecule has 4 heterocycles. The lowest BCUT2D eigenvalue weighted by atomic mass is 9.95. The van der Waals surface area contributed by atoms with Crippen LogP contribution in [0.4, 0.5) is 44.3 Å². The van der Waals surface area contributed by atoms with Gasteiger partial charge in [0.1, 0.15) is 30.2 Å². The Morgan fingerprint density at radius 2 is 1.74 bits per heavy atom. The smallest absolute Gasteiger partial charge is 0.416 e. The minimum Gasteiger partial charge on any atom is -0.445 e. The second-order valence-electron chi connectivity index (χ2n) is 15.5. The van der Waals surface area contributed by atoms with Gasteiger partial charge in [0.2, 0.25) is 11.8 Å². The van der Waals surface area contributed by atoms with Crippen LogP contribution in [0.3, 0.4) is 0 Å². The maximum absolute atomic E-state index is 16.2. The number of alkyl halides is 4. The number of aryl methyl sites for hydroxylation is 1. The summed E-state index contributed by atoms with van der Waals surface area (Å²) in [5.74, 6) is -2.18. The molecule has 2 saturated heterocycles. The van der Waals surface area contributed by atoms with Gasteiger partial charge in [0.25, 0.3) is 0 Å². The van der Waals surface area contributed by atoms with Crippen LogP contribution in [0.1, 0.15) is 50.4 Å². The van der Waals surface area contributed by atoms with Crippen molar-refractivity contribution in [2.75, 3.05) is 54.5 Å². The second kappa shape index (κ2) is 16.4. The van der Waals surface area contributed by atoms with E-state index in [1.54, 1.807) is 68.1 Å². The Labute approximate surface area is 333 Å². The molecule has 0 unspecified atom stereocenters. The van der Waals surface area contributed by atoms with Crippen LogP contribution in [0.25, 0.3) is 0 Å². The van der Waals surface area contributed by atoms with Gasteiger partial charge < -0.3 is 29.1 Å². The number of para-hydroxylation sites is 1. The van der Waals surface area contributed by atoms with Crippen molar-refractivity contribution in [3.8, 4) is 0 Å². The Morgan fingerprint density at radius 1 is 1.02 bits per heavy atom. The minimum atomic E-state index is -4.72. The number of aromatic nitrogens is 1. The Kier molecular flexibility index (Phi) is 11.9. The molecule has 12 nitrogen and oxygen atoms in total. The highest BCUT2D eigenvalue weighted by Crippen LogP contribution is 2.43. The number of benzene rings is 2. The van der Waals surface area contributed by atoms with Crippen LogP contribution in [-0.4, -0.2) is 102 Å². The maximum atomic E-state index is 16.2. The molecule has 2 fully saturated rings. The molecule has 3 aromatic rings. The molecule has 3 aliphatic rings. The Balaban J connectivity index is 1.31. The molecule has 0 aliphatic carbocycles. The second-order valence-corrected chi connectivity index (χ2v) is 15.9. The molecule has 57 heavy (non-hydrogen) atoms. The number of pyridine rings is 1. The van der Waals surface area contributed by atoms with E-state index in [9.17, 15) is 32.3 Å². The SMILES string of the molecule is Cc1cc(C(F)(F)F)cc(N2C(=O)C[C@@H]3CN(CCN(C(=O)OCc4ccccc4)[C@H]4CCN(C(=O)OC(C)(C)C)C[C@H]4F)c4c(Cl)cccc4N(C)C(=O)[C@H]32)n1. The maximum Gasteiger partial charge on any atom is 0.416 e. The molecule has 4 atom stereocenters. The lowest BCUT2D eigenvalue weighted by Gasteiger charge is -2.42. The number of hydrogen-bond donors (Lipinski definition) is 0. The van der Waals surface area contributed by atoms with Gasteiger partial charge in [-0.2, -0.15) is 13.2 Å². The number of anilines is 3. The summed E-state index contributed by atoms with van der Waals surface area (Å²) < 4.78 is 69.0. The van der Waals surface area contributed by atoms with Gasteiger partial charge in [0.15, 0.2) is 0 Å². The number of hydrogen-bond acceptors (Lipinski definition) is 8. The van der Waals surface area contributed by atoms with Crippen molar-refractivity contribution in [2.24, 2.45) is 5.92 Å². The molecule has 0 bridgehead atoms. The van der Waals surface area contributed by atoms with Gasteiger partial charge in [0.05, 0.1) is 34.5 Å². The molecule has 3 aliphatic heterocycles. The summed E-state index contributed by atoms with van der Waals surface area (Å²) in [6.07, 6.45) is -7.98. The van der Waals surface area contributed by atoms with Gasteiger partial charge in [-0.25, -0.2) is 19.0 Å². The zero-order chi connectivity index (χ0) is 41.4. The largest absolute Gasteiger partial charge is 0.445 e. The first-order valence-electron chi connectivity index (χ1n) is 18.6. The highest BCUT2D eigenvalue weighted by Gasteiger charge is 2.50. The molecule has 6 rings (SSSR count). The first-order valence-corrected chi connectivity index (χ1v) is 19.0. The predicted molar refractivity (Wildman–Crippen MR) is 205 cm³/mol. The quantitative estimate of drug-likeness (QED) is 0.229. The number of likely N-dealkylation sites (N-methyl/N-ethyl adjacent to an activating group) is 1. The highest BCUT2D eigenvalue weighted by atomic mass is 35.5. The molecular formula is C40H45ClF4N6O6. The van der Waals surface area contributed by atoms with E-state index in [2.05, 4.69) is 4.98 Å². The minimum absolute atomic E-state index is 0.0174. The van der Waals surface area contributed by atoms with Crippen molar-refractivity contribution in [3.63, 3.8) is 0 Å². The van der Waals surface area contributed by atoms with E-state index in [0.717, 1.165) is 17.0 Å². The van der Waals surface area contributed by atoms with Crippen molar-refractivity contribution in [1.29, 1.82) is 0 Å². The summed E-state index contributed by atoms with van der Waals surface area (Å²) in [6, 6.07) is 13.3. The Bertz CT molecular complexity index is 2000. The average Bonchev–Trinajstić information content (AvgIpc) is 3.46. The number of fused-ring (bicyclic) bond motifs is 2. The molecular weight excluding hydrogens is 772 g/mol. The van der Waals surface area contributed by atoms with Gasteiger partial charge in [-0.3, -0.25) is 14.5 Å². The van der Waals surface area contributed by atoms with Crippen molar-refractivity contribution in [2.45, 2.75) is 77.2 Å². The monoisotopic (exact) mass is 816 g/mol. The van der Waals surface area contributed by atoms with Crippen LogP contribution in [0, 0.1) is 12.8 Å². The van der Waals surface area contributed by atoms with Crippen LogP contribution in [0.2, 0.25) is 5.02 Å². The lowest BCUT2D eigenvalue weighted by Crippen LogP contribution is -2.57. The van der Waals surface area contributed by atoms with Crippen LogP contribution in [0.15, 0.2) is 60.7 Å². The van der Waals surface area contributed by atoms with Gasteiger partial charge in [-0.15, -0.1) is 0 Å². The molecule has 4 amide bonds. The van der Waals surface area contributed by atoms with Crippen LogP contribution >= 0.6 is 11.6 Å². The van der Waals surface area contributed by atoms with E-state index in [-0.39, 0.29) is 68.7 Å². The van der Waals surface area contributed by atoms with Gasteiger partial charge in [-0.05, 0) is 63.9 Å². The number of carbonyl (C=O) groups excluding carboxylic acids is 4. The third-order valence-electron chi connectivity index (χ3n) is 10.2. The molecule has 0 N–H and O–H groups in total. The number of rotatable bonds is 7. The number of piperidine rings is 1. The molecule has 2 aromatic carbocycles. The van der Waals surface area contributed by atoms with Crippen LogP contribution in [0.5, 0.6) is 0 Å². The summed E-state index contributed by atoms with van der Waals surface area (Å²) >= 11 is 6.82. The highest BCUT2D eigenvalue weighted by molar-refractivity contribution is 6.34. The van der Waals surface area contributed by atoms with E-state index in [1.807, 2.05) is 6.07 Å². The third-order valence-corrected chi connectivity index (χ3v) is 10.5. The molecule has 17 heteroatoms. The fraction of sp³-hybridized carbons (Fsp3) is 0.475. The Morgan fingerprint density at radius 3 is 2.40 bits per heavy atom. The summed E-state index contributed by atoms with van der Waals surface area (Å²) in [7, 11) is 1.49. The van der Waals surface area contributed by atoms with Crippen molar-refractivity contribution >= 4 is 52.8 Å². The summed E-state index contributed by atoms with van der Waals surface area (Å²) in [6.45, 7) is 6.16. The zero-order valence-corrected chi connectivity index (χ0v) is 33.0. The average molecular weight is 817 g/mol. The van der Waals surface area contributed by atoms with Crippen molar-refractivity contribution in [3.05, 3.63) is 82.5 Å². The van der Waals surface area contributed by atoms with Gasteiger partial charge >= 0.3 is 18.4 Å². The summed E-state index contributed by atoms with van der Waals surface area (Å²) in [5, 5.41) is 0.259. The fourth-order valence-electron chi connectivity index (χ4n) is 7.63. The van der Waals surface area contributed by atoms with E-state index in [1.165, 1.54) is 28.7 Å². The predicted octanol–water partition coefficient (Wildman–Crippen LogP) is 7.25. The van der Waals surface area contributed by atoms with Gasteiger partial charge in [0, 0.05) is 51.3 Å². The normalized spacial score (nSPS) is 21.4. The zero-order valence-electron chi connectivity index (χ0n) is 32.3.